The molecule has 1 saturated heterocycles. The monoisotopic (exact) mass is 449 g/mol. The maximum Gasteiger partial charge on any atom is 0.408 e. The van der Waals surface area contributed by atoms with Crippen LogP contribution in [0.2, 0.25) is 0 Å². The minimum atomic E-state index is -0.857. The highest BCUT2D eigenvalue weighted by Crippen LogP contribution is 2.63. The van der Waals surface area contributed by atoms with E-state index in [0.29, 0.717) is 24.7 Å². The molecule has 5 aliphatic rings. The molecule has 4 N–H and O–H groups in total. The van der Waals surface area contributed by atoms with E-state index in [-0.39, 0.29) is 17.9 Å². The Bertz CT molecular complexity index is 792. The van der Waals surface area contributed by atoms with E-state index in [2.05, 4.69) is 5.32 Å². The molecule has 0 aromatic heterocycles. The molecule has 8 nitrogen and oxygen atoms in total. The lowest BCUT2D eigenvalue weighted by Crippen LogP contribution is -2.67. The summed E-state index contributed by atoms with van der Waals surface area (Å²) in [6, 6.07) is -1.71. The van der Waals surface area contributed by atoms with Gasteiger partial charge in [-0.05, 0) is 90.4 Å². The summed E-state index contributed by atoms with van der Waals surface area (Å²) in [6.45, 7) is 9.29. The van der Waals surface area contributed by atoms with E-state index < -0.39 is 40.7 Å². The predicted molar refractivity (Wildman–Crippen MR) is 118 cm³/mol. The van der Waals surface area contributed by atoms with Gasteiger partial charge in [-0.3, -0.25) is 9.59 Å². The number of ether oxygens (including phenoxy) is 1. The minimum absolute atomic E-state index is 0.124. The van der Waals surface area contributed by atoms with Gasteiger partial charge in [0.25, 0.3) is 0 Å². The summed E-state index contributed by atoms with van der Waals surface area (Å²) in [5.74, 6) is 0.0219. The number of nitrogens with one attached hydrogen (secondary N) is 1. The van der Waals surface area contributed by atoms with Crippen LogP contribution in [0.5, 0.6) is 0 Å². The van der Waals surface area contributed by atoms with Gasteiger partial charge in [0.1, 0.15) is 17.7 Å². The lowest BCUT2D eigenvalue weighted by molar-refractivity contribution is -0.181. The molecular formula is C24H39N3O5. The van der Waals surface area contributed by atoms with Gasteiger partial charge in [0.15, 0.2) is 0 Å². The van der Waals surface area contributed by atoms with Crippen LogP contribution in [-0.4, -0.2) is 57.2 Å². The number of likely N-dealkylation sites (tertiary alicyclic amines) is 1. The van der Waals surface area contributed by atoms with Gasteiger partial charge in [0.05, 0.1) is 5.60 Å². The topological polar surface area (TPSA) is 122 Å². The van der Waals surface area contributed by atoms with E-state index in [1.165, 1.54) is 0 Å². The van der Waals surface area contributed by atoms with Gasteiger partial charge in [-0.2, -0.15) is 0 Å². The Balaban J connectivity index is 1.69. The molecule has 180 valence electrons. The fourth-order valence-electron chi connectivity index (χ4n) is 7.50. The quantitative estimate of drug-likeness (QED) is 0.608. The van der Waals surface area contributed by atoms with E-state index >= 15 is 0 Å². The van der Waals surface area contributed by atoms with Crippen LogP contribution in [0.3, 0.4) is 0 Å². The first-order valence-electron chi connectivity index (χ1n) is 12.1. The number of carbonyl (C=O) groups excluding carboxylic acids is 3. The molecule has 32 heavy (non-hydrogen) atoms. The zero-order valence-corrected chi connectivity index (χ0v) is 20.0. The Labute approximate surface area is 190 Å². The number of hydrogen-bond acceptors (Lipinski definition) is 5. The van der Waals surface area contributed by atoms with Crippen molar-refractivity contribution in [1.82, 2.24) is 10.2 Å². The summed E-state index contributed by atoms with van der Waals surface area (Å²) in [7, 11) is 0. The Morgan fingerprint density at radius 1 is 1.09 bits per heavy atom. The Hall–Kier alpha value is -1.83. The first kappa shape index (κ1) is 23.3. The molecule has 0 aromatic carbocycles. The van der Waals surface area contributed by atoms with Crippen molar-refractivity contribution in [1.29, 1.82) is 0 Å². The minimum Gasteiger partial charge on any atom is -0.444 e. The fourth-order valence-corrected chi connectivity index (χ4v) is 7.50. The smallest absolute Gasteiger partial charge is 0.408 e. The third kappa shape index (κ3) is 4.11. The number of primary amides is 1. The molecule has 1 aliphatic heterocycles. The van der Waals surface area contributed by atoms with Crippen LogP contribution in [0.15, 0.2) is 0 Å². The van der Waals surface area contributed by atoms with E-state index in [1.807, 2.05) is 13.8 Å². The molecular weight excluding hydrogens is 410 g/mol. The molecule has 5 rings (SSSR count). The van der Waals surface area contributed by atoms with Crippen molar-refractivity contribution in [3.05, 3.63) is 0 Å². The van der Waals surface area contributed by atoms with Crippen molar-refractivity contribution < 1.29 is 24.2 Å². The van der Waals surface area contributed by atoms with Crippen LogP contribution in [0.1, 0.15) is 79.6 Å². The standard InChI is InChI=1S/C24H39N3O5/c1-13-6-17(19(25)28)27(14(13)2)20(29)18(26-21(30)32-22(3,4)5)23-8-15-7-16(9-23)11-24(31,10-15)12-23/h13-18,31H,6-12H2,1-5H3,(H2,25,28)(H,26,30)/t13-,14?,15?,16?,17?,18?,23?,24?/m0/s1. The van der Waals surface area contributed by atoms with Gasteiger partial charge in [0.2, 0.25) is 11.8 Å². The van der Waals surface area contributed by atoms with Crippen molar-refractivity contribution >= 4 is 17.9 Å². The summed E-state index contributed by atoms with van der Waals surface area (Å²) >= 11 is 0. The molecule has 6 atom stereocenters. The summed E-state index contributed by atoms with van der Waals surface area (Å²) < 4.78 is 5.52. The molecule has 3 amide bonds. The molecule has 5 fully saturated rings. The molecule has 1 heterocycles. The van der Waals surface area contributed by atoms with Crippen LogP contribution < -0.4 is 11.1 Å². The number of alkyl carbamates (subject to hydrolysis) is 1. The van der Waals surface area contributed by atoms with Crippen LogP contribution in [-0.2, 0) is 14.3 Å². The van der Waals surface area contributed by atoms with Gasteiger partial charge in [0, 0.05) is 11.5 Å². The zero-order valence-electron chi connectivity index (χ0n) is 20.0. The Morgan fingerprint density at radius 2 is 1.69 bits per heavy atom. The van der Waals surface area contributed by atoms with Gasteiger partial charge >= 0.3 is 6.09 Å². The fraction of sp³-hybridized carbons (Fsp3) is 0.875. The van der Waals surface area contributed by atoms with Gasteiger partial charge < -0.3 is 25.8 Å². The van der Waals surface area contributed by atoms with Crippen LogP contribution in [0.4, 0.5) is 4.79 Å². The molecule has 0 radical (unpaired) electrons. The van der Waals surface area contributed by atoms with Crippen LogP contribution >= 0.6 is 0 Å². The summed E-state index contributed by atoms with van der Waals surface area (Å²) in [5.41, 5.74) is 3.64. The van der Waals surface area contributed by atoms with E-state index in [9.17, 15) is 19.5 Å². The molecule has 5 unspecified atom stereocenters. The molecule has 4 bridgehead atoms. The molecule has 0 aromatic rings. The van der Waals surface area contributed by atoms with Gasteiger partial charge in [-0.1, -0.05) is 6.92 Å². The molecule has 8 heteroatoms. The average molecular weight is 450 g/mol. The molecule has 4 saturated carbocycles. The lowest BCUT2D eigenvalue weighted by Gasteiger charge is -2.62. The number of amides is 3. The summed E-state index contributed by atoms with van der Waals surface area (Å²) in [5, 5.41) is 14.2. The van der Waals surface area contributed by atoms with Gasteiger partial charge in [-0.15, -0.1) is 0 Å². The number of aliphatic hydroxyl groups is 1. The van der Waals surface area contributed by atoms with E-state index in [0.717, 1.165) is 32.1 Å². The van der Waals surface area contributed by atoms with Gasteiger partial charge in [-0.25, -0.2) is 4.79 Å². The normalized spacial score (nSPS) is 41.4. The van der Waals surface area contributed by atoms with Crippen LogP contribution in [0.25, 0.3) is 0 Å². The highest BCUT2D eigenvalue weighted by molar-refractivity contribution is 5.92. The largest absolute Gasteiger partial charge is 0.444 e. The van der Waals surface area contributed by atoms with Crippen molar-refractivity contribution in [3.63, 3.8) is 0 Å². The Kier molecular flexibility index (Phi) is 5.55. The zero-order chi connectivity index (χ0) is 23.6. The maximum atomic E-state index is 14.1. The number of rotatable bonds is 4. The van der Waals surface area contributed by atoms with E-state index in [4.69, 9.17) is 10.5 Å². The second-order valence-corrected chi connectivity index (χ2v) is 12.2. The third-order valence-electron chi connectivity index (χ3n) is 8.37. The summed E-state index contributed by atoms with van der Waals surface area (Å²) in [4.78, 5) is 40.8. The highest BCUT2D eigenvalue weighted by atomic mass is 16.6. The van der Waals surface area contributed by atoms with Crippen molar-refractivity contribution in [2.45, 2.75) is 109 Å². The number of hydrogen-bond donors (Lipinski definition) is 3. The SMILES string of the molecule is CC1[C@@H](C)CC(C(N)=O)N1C(=O)C(NC(=O)OC(C)(C)C)C12CC3CC(CC(O)(C3)C1)C2. The van der Waals surface area contributed by atoms with Crippen LogP contribution in [0, 0.1) is 23.2 Å². The van der Waals surface area contributed by atoms with Crippen molar-refractivity contribution in [3.8, 4) is 0 Å². The third-order valence-corrected chi connectivity index (χ3v) is 8.37. The number of carbonyl (C=O) groups is 3. The summed E-state index contributed by atoms with van der Waals surface area (Å²) in [6.07, 6.45) is 4.53. The first-order valence-corrected chi connectivity index (χ1v) is 12.1. The highest BCUT2D eigenvalue weighted by Gasteiger charge is 2.62. The lowest BCUT2D eigenvalue weighted by atomic mass is 9.46. The number of nitrogens with zero attached hydrogens (tertiary/aromatic N) is 1. The van der Waals surface area contributed by atoms with Crippen molar-refractivity contribution in [2.75, 3.05) is 0 Å². The first-order chi connectivity index (χ1) is 14.7. The second-order valence-electron chi connectivity index (χ2n) is 12.2. The van der Waals surface area contributed by atoms with Crippen molar-refractivity contribution in [2.24, 2.45) is 28.9 Å². The average Bonchev–Trinajstić information content (AvgIpc) is 2.91. The molecule has 0 spiro atoms. The second kappa shape index (κ2) is 7.61. The predicted octanol–water partition coefficient (Wildman–Crippen LogP) is 2.32. The molecule has 4 aliphatic carbocycles. The van der Waals surface area contributed by atoms with E-state index in [1.54, 1.807) is 25.7 Å². The Morgan fingerprint density at radius 3 is 2.19 bits per heavy atom. The maximum absolute atomic E-state index is 14.1. The number of nitrogens with two attached hydrogens (primary N) is 1.